The smallest absolute Gasteiger partial charge is 0.243 e. The predicted molar refractivity (Wildman–Crippen MR) is 125 cm³/mol. The Bertz CT molecular complexity index is 1190. The number of carbonyl (C=O) groups is 2. The molecule has 0 saturated heterocycles. The molecule has 5 rings (SSSR count). The van der Waals surface area contributed by atoms with Gasteiger partial charge < -0.3 is 15.5 Å². The van der Waals surface area contributed by atoms with Crippen LogP contribution in [0.5, 0.6) is 0 Å². The van der Waals surface area contributed by atoms with Gasteiger partial charge in [-0.25, -0.2) is 4.39 Å². The minimum atomic E-state index is -0.358. The second kappa shape index (κ2) is 8.59. The normalized spacial score (nSPS) is 17.8. The van der Waals surface area contributed by atoms with Gasteiger partial charge in [-0.1, -0.05) is 18.2 Å². The second-order valence-corrected chi connectivity index (χ2v) is 8.89. The molecule has 0 bridgehead atoms. The first-order valence-electron chi connectivity index (χ1n) is 10.6. The van der Waals surface area contributed by atoms with E-state index in [4.69, 9.17) is 0 Å². The average molecular weight is 448 g/mol. The molecule has 1 aliphatic heterocycles. The molecule has 2 N–H and O–H groups in total. The van der Waals surface area contributed by atoms with Gasteiger partial charge in [-0.3, -0.25) is 9.59 Å². The minimum absolute atomic E-state index is 0.0443. The first-order chi connectivity index (χ1) is 15.6. The van der Waals surface area contributed by atoms with E-state index in [0.717, 1.165) is 40.4 Å². The Morgan fingerprint density at radius 3 is 2.69 bits per heavy atom. The van der Waals surface area contributed by atoms with Gasteiger partial charge in [0.05, 0.1) is 24.0 Å². The Balaban J connectivity index is 1.57. The summed E-state index contributed by atoms with van der Waals surface area (Å²) in [6, 6.07) is 17.1. The first kappa shape index (κ1) is 20.5. The highest BCUT2D eigenvalue weighted by Gasteiger charge is 2.37. The number of ketones is 1. The monoisotopic (exact) mass is 447 g/mol. The van der Waals surface area contributed by atoms with Crippen LogP contribution < -0.4 is 15.5 Å². The van der Waals surface area contributed by atoms with E-state index < -0.39 is 0 Å². The number of amides is 1. The molecule has 2 heterocycles. The molecule has 2 aliphatic rings. The van der Waals surface area contributed by atoms with Gasteiger partial charge >= 0.3 is 0 Å². The number of halogens is 1. The van der Waals surface area contributed by atoms with Crippen molar-refractivity contribution in [2.24, 2.45) is 0 Å². The maximum atomic E-state index is 13.2. The highest BCUT2D eigenvalue weighted by atomic mass is 32.1. The van der Waals surface area contributed by atoms with Gasteiger partial charge in [-0.2, -0.15) is 0 Å². The number of para-hydroxylation sites is 2. The van der Waals surface area contributed by atoms with Crippen LogP contribution in [0.25, 0.3) is 0 Å². The number of anilines is 3. The van der Waals surface area contributed by atoms with Gasteiger partial charge in [0.15, 0.2) is 5.78 Å². The standard InChI is InChI=1S/C25H22FN3O2S/c26-16-10-12-17(13-11-16)27-23(31)15-29-20-7-2-1-5-18(20)28-19-6-3-8-21(30)24(19)25(29)22-9-4-14-32-22/h1-2,4-5,7,9-14,25,28H,3,6,8,15H2,(H,27,31). The summed E-state index contributed by atoms with van der Waals surface area (Å²) in [4.78, 5) is 29.2. The molecule has 1 unspecified atom stereocenters. The van der Waals surface area contributed by atoms with Crippen molar-refractivity contribution in [3.05, 3.63) is 88.0 Å². The molecule has 3 aromatic rings. The Morgan fingerprint density at radius 2 is 1.91 bits per heavy atom. The van der Waals surface area contributed by atoms with Crippen molar-refractivity contribution in [2.45, 2.75) is 25.3 Å². The van der Waals surface area contributed by atoms with E-state index in [-0.39, 0.29) is 30.1 Å². The van der Waals surface area contributed by atoms with E-state index >= 15 is 0 Å². The molecule has 1 amide bonds. The zero-order valence-electron chi connectivity index (χ0n) is 17.3. The lowest BCUT2D eigenvalue weighted by atomic mass is 9.88. The number of Topliss-reactive ketones (excluding diaryl/α,β-unsaturated/α-hetero) is 1. The Morgan fingerprint density at radius 1 is 1.09 bits per heavy atom. The summed E-state index contributed by atoms with van der Waals surface area (Å²) in [5.41, 5.74) is 3.95. The molecular formula is C25H22FN3O2S. The molecule has 162 valence electrons. The summed E-state index contributed by atoms with van der Waals surface area (Å²) < 4.78 is 13.2. The number of allylic oxidation sites excluding steroid dienone is 1. The van der Waals surface area contributed by atoms with Crippen LogP contribution >= 0.6 is 11.3 Å². The zero-order chi connectivity index (χ0) is 22.1. The van der Waals surface area contributed by atoms with Crippen LogP contribution in [0.2, 0.25) is 0 Å². The summed E-state index contributed by atoms with van der Waals surface area (Å²) in [6.07, 6.45) is 2.12. The second-order valence-electron chi connectivity index (χ2n) is 7.91. The maximum absolute atomic E-state index is 13.2. The van der Waals surface area contributed by atoms with Gasteiger partial charge in [0.1, 0.15) is 5.82 Å². The highest BCUT2D eigenvalue weighted by Crippen LogP contribution is 2.45. The van der Waals surface area contributed by atoms with Crippen LogP contribution in [0, 0.1) is 5.82 Å². The zero-order valence-corrected chi connectivity index (χ0v) is 18.1. The fourth-order valence-corrected chi connectivity index (χ4v) is 5.25. The van der Waals surface area contributed by atoms with Crippen LogP contribution in [-0.4, -0.2) is 18.2 Å². The first-order valence-corrected chi connectivity index (χ1v) is 11.5. The predicted octanol–water partition coefficient (Wildman–Crippen LogP) is 5.51. The SMILES string of the molecule is O=C(CN1c2ccccc2NC2=C(C(=O)CCC2)C1c1cccs1)Nc1ccc(F)cc1. The molecule has 0 radical (unpaired) electrons. The summed E-state index contributed by atoms with van der Waals surface area (Å²) >= 11 is 1.58. The molecule has 2 aromatic carbocycles. The molecule has 0 saturated carbocycles. The third-order valence-electron chi connectivity index (χ3n) is 5.79. The lowest BCUT2D eigenvalue weighted by Gasteiger charge is -2.34. The number of rotatable bonds is 4. The molecule has 1 atom stereocenters. The van der Waals surface area contributed by atoms with E-state index in [1.807, 2.05) is 46.7 Å². The molecule has 32 heavy (non-hydrogen) atoms. The van der Waals surface area contributed by atoms with E-state index in [1.165, 1.54) is 24.3 Å². The van der Waals surface area contributed by atoms with Crippen LogP contribution in [-0.2, 0) is 9.59 Å². The van der Waals surface area contributed by atoms with Crippen molar-refractivity contribution in [2.75, 3.05) is 22.1 Å². The van der Waals surface area contributed by atoms with Crippen molar-refractivity contribution < 1.29 is 14.0 Å². The lowest BCUT2D eigenvalue weighted by Crippen LogP contribution is -2.38. The van der Waals surface area contributed by atoms with Crippen molar-refractivity contribution in [3.8, 4) is 0 Å². The number of nitrogens with zero attached hydrogens (tertiary/aromatic N) is 1. The van der Waals surface area contributed by atoms with Crippen LogP contribution in [0.3, 0.4) is 0 Å². The number of fused-ring (bicyclic) bond motifs is 1. The number of thiophene rings is 1. The van der Waals surface area contributed by atoms with Gasteiger partial charge in [-0.15, -0.1) is 11.3 Å². The maximum Gasteiger partial charge on any atom is 0.243 e. The number of hydrogen-bond acceptors (Lipinski definition) is 5. The van der Waals surface area contributed by atoms with Crippen molar-refractivity contribution >= 4 is 40.1 Å². The summed E-state index contributed by atoms with van der Waals surface area (Å²) in [7, 11) is 0. The van der Waals surface area contributed by atoms with Gasteiger partial charge in [0.2, 0.25) is 5.91 Å². The van der Waals surface area contributed by atoms with Crippen molar-refractivity contribution in [1.29, 1.82) is 0 Å². The van der Waals surface area contributed by atoms with E-state index in [9.17, 15) is 14.0 Å². The van der Waals surface area contributed by atoms with Gasteiger partial charge in [0.25, 0.3) is 0 Å². The average Bonchev–Trinajstić information content (AvgIpc) is 3.27. The lowest BCUT2D eigenvalue weighted by molar-refractivity contribution is -0.117. The minimum Gasteiger partial charge on any atom is -0.357 e. The van der Waals surface area contributed by atoms with Crippen LogP contribution in [0.4, 0.5) is 21.5 Å². The van der Waals surface area contributed by atoms with Crippen LogP contribution in [0.15, 0.2) is 77.3 Å². The number of carbonyl (C=O) groups excluding carboxylic acids is 2. The van der Waals surface area contributed by atoms with Crippen LogP contribution in [0.1, 0.15) is 30.2 Å². The van der Waals surface area contributed by atoms with Crippen molar-refractivity contribution in [1.82, 2.24) is 0 Å². The molecule has 7 heteroatoms. The van der Waals surface area contributed by atoms with E-state index in [1.54, 1.807) is 11.3 Å². The number of benzene rings is 2. The molecule has 0 spiro atoms. The molecule has 5 nitrogen and oxygen atoms in total. The third-order valence-corrected chi connectivity index (χ3v) is 6.72. The largest absolute Gasteiger partial charge is 0.357 e. The summed E-state index contributed by atoms with van der Waals surface area (Å²) in [5, 5.41) is 8.33. The number of hydrogen-bond donors (Lipinski definition) is 2. The Hall–Kier alpha value is -3.45. The summed E-state index contributed by atoms with van der Waals surface area (Å²) in [6.45, 7) is 0.0443. The van der Waals surface area contributed by atoms with Crippen molar-refractivity contribution in [3.63, 3.8) is 0 Å². The molecule has 0 fully saturated rings. The Labute approximate surface area is 189 Å². The van der Waals surface area contributed by atoms with Gasteiger partial charge in [-0.05, 0) is 60.7 Å². The topological polar surface area (TPSA) is 61.4 Å². The fraction of sp³-hybridized carbons (Fsp3) is 0.200. The van der Waals surface area contributed by atoms with E-state index in [2.05, 4.69) is 10.6 Å². The molecule has 1 aromatic heterocycles. The molecule has 1 aliphatic carbocycles. The highest BCUT2D eigenvalue weighted by molar-refractivity contribution is 7.10. The number of nitrogens with one attached hydrogen (secondary N) is 2. The van der Waals surface area contributed by atoms with Gasteiger partial charge in [0, 0.05) is 28.3 Å². The Kier molecular flexibility index (Phi) is 5.49. The van der Waals surface area contributed by atoms with E-state index in [0.29, 0.717) is 12.1 Å². The molecular weight excluding hydrogens is 425 g/mol. The fourth-order valence-electron chi connectivity index (χ4n) is 4.41. The third kappa shape index (κ3) is 3.91. The summed E-state index contributed by atoms with van der Waals surface area (Å²) in [5.74, 6) is -0.474. The quantitative estimate of drug-likeness (QED) is 0.554.